The molecule has 0 unspecified atom stereocenters. The number of carbonyl (C=O) groups is 1. The Morgan fingerprint density at radius 3 is 2.55 bits per heavy atom. The highest BCUT2D eigenvalue weighted by atomic mass is 35.5. The molecule has 0 heterocycles. The fourth-order valence-electron chi connectivity index (χ4n) is 1.62. The van der Waals surface area contributed by atoms with Crippen molar-refractivity contribution in [1.29, 1.82) is 0 Å². The molecular formula is C14H8Cl3FO2. The monoisotopic (exact) mass is 332 g/mol. The van der Waals surface area contributed by atoms with Crippen LogP contribution in [0.3, 0.4) is 0 Å². The molecule has 0 saturated carbocycles. The Labute approximate surface area is 130 Å². The van der Waals surface area contributed by atoms with Crippen LogP contribution in [0.25, 0.3) is 0 Å². The molecule has 0 fully saturated rings. The largest absolute Gasteiger partial charge is 0.487 e. The molecule has 0 bridgehead atoms. The summed E-state index contributed by atoms with van der Waals surface area (Å²) >= 11 is 17.7. The maximum atomic E-state index is 13.1. The van der Waals surface area contributed by atoms with Gasteiger partial charge in [-0.1, -0.05) is 34.8 Å². The van der Waals surface area contributed by atoms with Gasteiger partial charge in [-0.25, -0.2) is 4.39 Å². The highest BCUT2D eigenvalue weighted by molar-refractivity contribution is 6.36. The maximum Gasteiger partial charge on any atom is 0.153 e. The van der Waals surface area contributed by atoms with Crippen LogP contribution in [-0.4, -0.2) is 6.29 Å². The van der Waals surface area contributed by atoms with E-state index in [9.17, 15) is 9.18 Å². The lowest BCUT2D eigenvalue weighted by Crippen LogP contribution is -2.00. The minimum Gasteiger partial charge on any atom is -0.487 e. The molecule has 0 aliphatic heterocycles. The van der Waals surface area contributed by atoms with Crippen LogP contribution in [-0.2, 0) is 6.61 Å². The van der Waals surface area contributed by atoms with E-state index >= 15 is 0 Å². The molecule has 0 spiro atoms. The number of rotatable bonds is 4. The summed E-state index contributed by atoms with van der Waals surface area (Å²) in [5, 5.41) is 0.893. The van der Waals surface area contributed by atoms with E-state index in [1.54, 1.807) is 0 Å². The topological polar surface area (TPSA) is 26.3 Å². The number of carbonyl (C=O) groups excluding carboxylic acids is 1. The fourth-order valence-corrected chi connectivity index (χ4v) is 2.36. The minimum atomic E-state index is -0.425. The molecule has 0 radical (unpaired) electrons. The Bertz CT molecular complexity index is 659. The van der Waals surface area contributed by atoms with Crippen LogP contribution in [0.5, 0.6) is 5.75 Å². The van der Waals surface area contributed by atoms with Gasteiger partial charge in [0.1, 0.15) is 18.2 Å². The summed E-state index contributed by atoms with van der Waals surface area (Å²) in [6.07, 6.45) is 0.584. The highest BCUT2D eigenvalue weighted by Gasteiger charge is 2.12. The molecule has 2 aromatic carbocycles. The van der Waals surface area contributed by atoms with Crippen molar-refractivity contribution in [3.8, 4) is 5.75 Å². The second-order valence-corrected chi connectivity index (χ2v) is 5.20. The molecule has 0 aliphatic carbocycles. The van der Waals surface area contributed by atoms with Crippen LogP contribution in [0.1, 0.15) is 15.9 Å². The third-order valence-corrected chi connectivity index (χ3v) is 3.41. The maximum absolute atomic E-state index is 13.1. The van der Waals surface area contributed by atoms with E-state index in [2.05, 4.69) is 0 Å². The Kier molecular flexibility index (Phi) is 4.86. The molecule has 2 rings (SSSR count). The average Bonchev–Trinajstić information content (AvgIpc) is 2.40. The normalized spacial score (nSPS) is 10.4. The number of aldehydes is 1. The summed E-state index contributed by atoms with van der Waals surface area (Å²) < 4.78 is 18.6. The van der Waals surface area contributed by atoms with Crippen molar-refractivity contribution < 1.29 is 13.9 Å². The van der Waals surface area contributed by atoms with E-state index in [1.807, 2.05) is 0 Å². The lowest BCUT2D eigenvalue weighted by atomic mass is 10.2. The van der Waals surface area contributed by atoms with Crippen molar-refractivity contribution in [2.45, 2.75) is 6.61 Å². The second kappa shape index (κ2) is 6.44. The van der Waals surface area contributed by atoms with Crippen LogP contribution in [0.4, 0.5) is 4.39 Å². The van der Waals surface area contributed by atoms with Gasteiger partial charge in [-0.05, 0) is 30.3 Å². The number of hydrogen-bond donors (Lipinski definition) is 0. The molecule has 104 valence electrons. The Hall–Kier alpha value is -1.29. The van der Waals surface area contributed by atoms with Crippen LogP contribution in [0.15, 0.2) is 30.3 Å². The molecule has 0 aliphatic rings. The number of benzene rings is 2. The summed E-state index contributed by atoms with van der Waals surface area (Å²) in [7, 11) is 0. The molecule has 20 heavy (non-hydrogen) atoms. The smallest absolute Gasteiger partial charge is 0.153 e. The van der Waals surface area contributed by atoms with Gasteiger partial charge in [-0.3, -0.25) is 4.79 Å². The van der Waals surface area contributed by atoms with E-state index in [0.717, 1.165) is 0 Å². The van der Waals surface area contributed by atoms with E-state index in [0.29, 0.717) is 21.9 Å². The number of ether oxygens (including phenoxy) is 1. The Morgan fingerprint density at radius 2 is 1.85 bits per heavy atom. The first kappa shape index (κ1) is 15.1. The highest BCUT2D eigenvalue weighted by Crippen LogP contribution is 2.32. The number of halogens is 4. The van der Waals surface area contributed by atoms with Crippen LogP contribution in [0, 0.1) is 5.82 Å². The van der Waals surface area contributed by atoms with Gasteiger partial charge in [0.2, 0.25) is 0 Å². The summed E-state index contributed by atoms with van der Waals surface area (Å²) in [4.78, 5) is 11.0. The van der Waals surface area contributed by atoms with Gasteiger partial charge in [0.15, 0.2) is 6.29 Å². The van der Waals surface area contributed by atoms with Gasteiger partial charge < -0.3 is 4.74 Å². The van der Waals surface area contributed by atoms with Gasteiger partial charge in [0, 0.05) is 15.6 Å². The lowest BCUT2D eigenvalue weighted by molar-refractivity contribution is 0.111. The van der Waals surface area contributed by atoms with Gasteiger partial charge >= 0.3 is 0 Å². The molecule has 0 atom stereocenters. The van der Waals surface area contributed by atoms with Crippen LogP contribution in [0.2, 0.25) is 15.1 Å². The van der Waals surface area contributed by atoms with Crippen molar-refractivity contribution in [2.75, 3.05) is 0 Å². The minimum absolute atomic E-state index is 0.0151. The molecule has 0 amide bonds. The molecule has 2 nitrogen and oxygen atoms in total. The second-order valence-electron chi connectivity index (χ2n) is 3.95. The van der Waals surface area contributed by atoms with E-state index in [-0.39, 0.29) is 22.9 Å². The SMILES string of the molecule is O=Cc1cc(Cl)cc(Cl)c1OCc1cc(F)ccc1Cl. The fraction of sp³-hybridized carbons (Fsp3) is 0.0714. The molecule has 0 aromatic heterocycles. The lowest BCUT2D eigenvalue weighted by Gasteiger charge is -2.11. The Balaban J connectivity index is 2.27. The first-order chi connectivity index (χ1) is 9.51. The Morgan fingerprint density at radius 1 is 1.10 bits per heavy atom. The van der Waals surface area contributed by atoms with Crippen LogP contribution < -0.4 is 4.74 Å². The predicted octanol–water partition coefficient (Wildman–Crippen LogP) is 5.18. The van der Waals surface area contributed by atoms with E-state index in [1.165, 1.54) is 30.3 Å². The van der Waals surface area contributed by atoms with Gasteiger partial charge in [-0.2, -0.15) is 0 Å². The molecule has 0 N–H and O–H groups in total. The molecular weight excluding hydrogens is 326 g/mol. The first-order valence-corrected chi connectivity index (χ1v) is 6.65. The number of hydrogen-bond acceptors (Lipinski definition) is 2. The summed E-state index contributed by atoms with van der Waals surface area (Å²) in [6.45, 7) is -0.0151. The van der Waals surface area contributed by atoms with Gasteiger partial charge in [0.05, 0.1) is 10.6 Å². The zero-order chi connectivity index (χ0) is 14.7. The summed E-state index contributed by atoms with van der Waals surface area (Å²) in [5.41, 5.74) is 0.671. The molecule has 0 saturated heterocycles. The molecule has 2 aromatic rings. The van der Waals surface area contributed by atoms with Gasteiger partial charge in [0.25, 0.3) is 0 Å². The zero-order valence-electron chi connectivity index (χ0n) is 10.00. The van der Waals surface area contributed by atoms with Crippen molar-refractivity contribution in [2.24, 2.45) is 0 Å². The zero-order valence-corrected chi connectivity index (χ0v) is 12.3. The predicted molar refractivity (Wildman–Crippen MR) is 77.6 cm³/mol. The van der Waals surface area contributed by atoms with Crippen molar-refractivity contribution >= 4 is 41.1 Å². The van der Waals surface area contributed by atoms with Crippen molar-refractivity contribution in [3.05, 3.63) is 62.3 Å². The first-order valence-electron chi connectivity index (χ1n) is 5.52. The standard InChI is InChI=1S/C14H8Cl3FO2/c15-10-3-8(6-19)14(13(17)5-10)20-7-9-4-11(18)1-2-12(9)16/h1-6H,7H2. The quantitative estimate of drug-likeness (QED) is 0.721. The third-order valence-electron chi connectivity index (χ3n) is 2.54. The third kappa shape index (κ3) is 3.42. The summed E-state index contributed by atoms with van der Waals surface area (Å²) in [5.74, 6) is -0.239. The van der Waals surface area contributed by atoms with Crippen molar-refractivity contribution in [3.63, 3.8) is 0 Å². The van der Waals surface area contributed by atoms with E-state index in [4.69, 9.17) is 39.5 Å². The van der Waals surface area contributed by atoms with E-state index < -0.39 is 5.82 Å². The van der Waals surface area contributed by atoms with Gasteiger partial charge in [-0.15, -0.1) is 0 Å². The average molecular weight is 334 g/mol. The summed E-state index contributed by atoms with van der Waals surface area (Å²) in [6, 6.07) is 6.83. The molecule has 6 heteroatoms. The van der Waals surface area contributed by atoms with Crippen LogP contribution >= 0.6 is 34.8 Å². The van der Waals surface area contributed by atoms with Crippen molar-refractivity contribution in [1.82, 2.24) is 0 Å².